The van der Waals surface area contributed by atoms with Crippen LogP contribution in [0.25, 0.3) is 22.3 Å². The highest BCUT2D eigenvalue weighted by molar-refractivity contribution is 7.86. The summed E-state index contributed by atoms with van der Waals surface area (Å²) in [5.41, 5.74) is 5.30. The average molecular weight is 464 g/mol. The Hall–Kier alpha value is -3.49. The Morgan fingerprint density at radius 1 is 0.879 bits per heavy atom. The van der Waals surface area contributed by atoms with Crippen LogP contribution in [0, 0.1) is 6.92 Å². The molecule has 170 valence electrons. The van der Waals surface area contributed by atoms with E-state index in [-0.39, 0.29) is 18.1 Å². The van der Waals surface area contributed by atoms with Gasteiger partial charge in [0.15, 0.2) is 0 Å². The molecular weight excluding hydrogens is 438 g/mol. The highest BCUT2D eigenvalue weighted by Gasteiger charge is 2.14. The molecule has 4 aromatic rings. The monoisotopic (exact) mass is 463 g/mol. The number of fused-ring (bicyclic) bond motifs is 1. The van der Waals surface area contributed by atoms with Gasteiger partial charge in [0.1, 0.15) is 19.0 Å². The third-order valence-electron chi connectivity index (χ3n) is 5.09. The van der Waals surface area contributed by atoms with Crippen molar-refractivity contribution in [2.24, 2.45) is 0 Å². The van der Waals surface area contributed by atoms with Crippen molar-refractivity contribution in [1.82, 2.24) is 9.97 Å². The number of nitrogens with zero attached hydrogens (tertiary/aromatic N) is 3. The van der Waals surface area contributed by atoms with Crippen LogP contribution in [-0.4, -0.2) is 45.7 Å². The minimum Gasteiger partial charge on any atom is -0.491 e. The van der Waals surface area contributed by atoms with Crippen LogP contribution in [0.5, 0.6) is 5.75 Å². The molecule has 0 unspecified atom stereocenters. The van der Waals surface area contributed by atoms with Crippen LogP contribution < -0.4 is 9.64 Å². The zero-order chi connectivity index (χ0) is 23.4. The van der Waals surface area contributed by atoms with E-state index >= 15 is 0 Å². The quantitative estimate of drug-likeness (QED) is 0.282. The van der Waals surface area contributed by atoms with Crippen molar-refractivity contribution in [3.8, 4) is 17.0 Å². The van der Waals surface area contributed by atoms with Gasteiger partial charge in [-0.15, -0.1) is 0 Å². The molecule has 0 radical (unpaired) electrons. The molecule has 1 heterocycles. The summed E-state index contributed by atoms with van der Waals surface area (Å²) in [6, 6.07) is 20.0. The number of rotatable bonds is 8. The fraction of sp³-hybridized carbons (Fsp3) is 0.200. The SMILES string of the molecule is Cc1ccc(S(=O)(=O)OCCOc2ccc3nc(-c4ccc(N(C)C)cc4)cnc3c2)cc1. The lowest BCUT2D eigenvalue weighted by Gasteiger charge is -2.12. The standard InChI is InChI=1S/C25H25N3O4S/c1-18-4-11-22(12-5-18)33(29,30)32-15-14-31-21-10-13-23-24(16-21)26-17-25(27-23)19-6-8-20(9-7-19)28(2)3/h4-13,16-17H,14-15H2,1-3H3. The zero-order valence-corrected chi connectivity index (χ0v) is 19.5. The van der Waals surface area contributed by atoms with Crippen LogP contribution in [0.1, 0.15) is 5.56 Å². The summed E-state index contributed by atoms with van der Waals surface area (Å²) in [4.78, 5) is 11.4. The fourth-order valence-electron chi connectivity index (χ4n) is 3.23. The largest absolute Gasteiger partial charge is 0.491 e. The normalized spacial score (nSPS) is 11.5. The van der Waals surface area contributed by atoms with Gasteiger partial charge in [0, 0.05) is 31.4 Å². The summed E-state index contributed by atoms with van der Waals surface area (Å²) in [5, 5.41) is 0. The van der Waals surface area contributed by atoms with E-state index in [1.165, 1.54) is 12.1 Å². The lowest BCUT2D eigenvalue weighted by Crippen LogP contribution is -2.13. The molecule has 0 saturated carbocycles. The Bertz CT molecular complexity index is 1350. The number of ether oxygens (including phenoxy) is 1. The highest BCUT2D eigenvalue weighted by Crippen LogP contribution is 2.24. The first-order valence-electron chi connectivity index (χ1n) is 10.5. The molecule has 0 amide bonds. The fourth-order valence-corrected chi connectivity index (χ4v) is 4.12. The maximum atomic E-state index is 12.2. The first-order valence-corrected chi connectivity index (χ1v) is 11.9. The summed E-state index contributed by atoms with van der Waals surface area (Å²) in [6.45, 7) is 1.88. The maximum absolute atomic E-state index is 12.2. The molecular formula is C25H25N3O4S. The van der Waals surface area contributed by atoms with Gasteiger partial charge >= 0.3 is 0 Å². The van der Waals surface area contributed by atoms with Gasteiger partial charge in [0.2, 0.25) is 0 Å². The molecule has 3 aromatic carbocycles. The van der Waals surface area contributed by atoms with Crippen LogP contribution in [-0.2, 0) is 14.3 Å². The molecule has 0 aliphatic carbocycles. The first kappa shape index (κ1) is 22.7. The molecule has 0 bridgehead atoms. The molecule has 7 nitrogen and oxygen atoms in total. The minimum absolute atomic E-state index is 0.0837. The van der Waals surface area contributed by atoms with Gasteiger partial charge < -0.3 is 9.64 Å². The molecule has 0 aliphatic heterocycles. The van der Waals surface area contributed by atoms with E-state index in [4.69, 9.17) is 13.9 Å². The van der Waals surface area contributed by atoms with Gasteiger partial charge in [-0.1, -0.05) is 29.8 Å². The molecule has 4 rings (SSSR count). The van der Waals surface area contributed by atoms with Gasteiger partial charge in [0.25, 0.3) is 10.1 Å². The van der Waals surface area contributed by atoms with E-state index in [1.807, 2.05) is 56.3 Å². The summed E-state index contributed by atoms with van der Waals surface area (Å²) >= 11 is 0. The van der Waals surface area contributed by atoms with Crippen molar-refractivity contribution < 1.29 is 17.3 Å². The Balaban J connectivity index is 1.38. The second-order valence-electron chi connectivity index (χ2n) is 7.78. The molecule has 0 fully saturated rings. The highest BCUT2D eigenvalue weighted by atomic mass is 32.2. The summed E-state index contributed by atoms with van der Waals surface area (Å²) in [5.74, 6) is 0.566. The Labute approximate surface area is 193 Å². The number of hydrogen-bond acceptors (Lipinski definition) is 7. The van der Waals surface area contributed by atoms with Crippen LogP contribution in [0.3, 0.4) is 0 Å². The lowest BCUT2D eigenvalue weighted by atomic mass is 10.1. The van der Waals surface area contributed by atoms with E-state index in [2.05, 4.69) is 4.98 Å². The number of hydrogen-bond donors (Lipinski definition) is 0. The molecule has 8 heteroatoms. The van der Waals surface area contributed by atoms with E-state index in [1.54, 1.807) is 30.5 Å². The van der Waals surface area contributed by atoms with Crippen molar-refractivity contribution in [1.29, 1.82) is 0 Å². The van der Waals surface area contributed by atoms with E-state index < -0.39 is 10.1 Å². The van der Waals surface area contributed by atoms with E-state index in [0.717, 1.165) is 28.0 Å². The number of aryl methyl sites for hydroxylation is 1. The minimum atomic E-state index is -3.81. The molecule has 33 heavy (non-hydrogen) atoms. The van der Waals surface area contributed by atoms with E-state index in [9.17, 15) is 8.42 Å². The predicted molar refractivity (Wildman–Crippen MR) is 129 cm³/mol. The van der Waals surface area contributed by atoms with Gasteiger partial charge in [0.05, 0.1) is 27.8 Å². The van der Waals surface area contributed by atoms with E-state index in [0.29, 0.717) is 11.3 Å². The summed E-state index contributed by atoms with van der Waals surface area (Å²) in [6.07, 6.45) is 1.73. The van der Waals surface area contributed by atoms with Crippen LogP contribution >= 0.6 is 0 Å². The first-order chi connectivity index (χ1) is 15.8. The van der Waals surface area contributed by atoms with Crippen molar-refractivity contribution in [3.05, 3.63) is 78.5 Å². The van der Waals surface area contributed by atoms with Crippen molar-refractivity contribution >= 4 is 26.8 Å². The van der Waals surface area contributed by atoms with Crippen LogP contribution in [0.4, 0.5) is 5.69 Å². The average Bonchev–Trinajstić information content (AvgIpc) is 2.82. The van der Waals surface area contributed by atoms with Crippen molar-refractivity contribution in [2.75, 3.05) is 32.2 Å². The van der Waals surface area contributed by atoms with Gasteiger partial charge in [-0.25, -0.2) is 4.98 Å². The smallest absolute Gasteiger partial charge is 0.297 e. The maximum Gasteiger partial charge on any atom is 0.297 e. The molecule has 0 spiro atoms. The van der Waals surface area contributed by atoms with Crippen LogP contribution in [0.15, 0.2) is 77.8 Å². The number of anilines is 1. The number of benzene rings is 3. The van der Waals surface area contributed by atoms with Gasteiger partial charge in [-0.2, -0.15) is 8.42 Å². The molecule has 1 aromatic heterocycles. The Morgan fingerprint density at radius 3 is 2.30 bits per heavy atom. The summed E-state index contributed by atoms with van der Waals surface area (Å²) < 4.78 is 35.2. The lowest BCUT2D eigenvalue weighted by molar-refractivity contribution is 0.221. The Morgan fingerprint density at radius 2 is 1.61 bits per heavy atom. The second-order valence-corrected chi connectivity index (χ2v) is 9.40. The molecule has 0 N–H and O–H groups in total. The zero-order valence-electron chi connectivity index (χ0n) is 18.7. The third-order valence-corrected chi connectivity index (χ3v) is 6.42. The van der Waals surface area contributed by atoms with Gasteiger partial charge in [-0.3, -0.25) is 9.17 Å². The second kappa shape index (κ2) is 9.56. The molecule has 0 aliphatic rings. The van der Waals surface area contributed by atoms with Crippen molar-refractivity contribution in [3.63, 3.8) is 0 Å². The van der Waals surface area contributed by atoms with Gasteiger partial charge in [-0.05, 0) is 43.3 Å². The van der Waals surface area contributed by atoms with Crippen LogP contribution in [0.2, 0.25) is 0 Å². The van der Waals surface area contributed by atoms with Crippen molar-refractivity contribution in [2.45, 2.75) is 11.8 Å². The predicted octanol–water partition coefficient (Wildman–Crippen LogP) is 4.46. The molecule has 0 atom stereocenters. The summed E-state index contributed by atoms with van der Waals surface area (Å²) in [7, 11) is 0.189. The molecule has 0 saturated heterocycles. The number of aromatic nitrogens is 2. The third kappa shape index (κ3) is 5.47. The topological polar surface area (TPSA) is 81.6 Å². The Kier molecular flexibility index (Phi) is 6.57.